The van der Waals surface area contributed by atoms with Crippen LogP contribution in [0.15, 0.2) is 42.5 Å². The molecule has 0 radical (unpaired) electrons. The molecule has 9 heteroatoms. The summed E-state index contributed by atoms with van der Waals surface area (Å²) < 4.78 is 5.27. The number of aromatic nitrogens is 2. The molecule has 0 bridgehead atoms. The number of halogens is 2. The molecular formula is C25H27Cl2N5O2. The van der Waals surface area contributed by atoms with Gasteiger partial charge in [-0.05, 0) is 49.7 Å². The summed E-state index contributed by atoms with van der Waals surface area (Å²) in [4.78, 5) is 26.2. The van der Waals surface area contributed by atoms with E-state index in [1.165, 1.54) is 0 Å². The van der Waals surface area contributed by atoms with Gasteiger partial charge in [0.25, 0.3) is 0 Å². The van der Waals surface area contributed by atoms with Crippen LogP contribution in [0.5, 0.6) is 5.75 Å². The Morgan fingerprint density at radius 2 is 1.71 bits per heavy atom. The first-order valence-electron chi connectivity index (χ1n) is 11.1. The lowest BCUT2D eigenvalue weighted by Gasteiger charge is -2.36. The quantitative estimate of drug-likeness (QED) is 0.511. The molecule has 1 aliphatic rings. The molecule has 0 saturated carbocycles. The number of urea groups is 1. The minimum absolute atomic E-state index is 0.161. The van der Waals surface area contributed by atoms with Gasteiger partial charge in [0, 0.05) is 49.5 Å². The van der Waals surface area contributed by atoms with Gasteiger partial charge in [0.15, 0.2) is 0 Å². The molecule has 178 valence electrons. The molecular weight excluding hydrogens is 473 g/mol. The van der Waals surface area contributed by atoms with Crippen LogP contribution < -0.4 is 15.0 Å². The number of amides is 2. The zero-order valence-corrected chi connectivity index (χ0v) is 21.0. The molecule has 0 spiro atoms. The van der Waals surface area contributed by atoms with E-state index in [-0.39, 0.29) is 6.03 Å². The molecule has 2 heterocycles. The molecule has 1 aliphatic heterocycles. The molecule has 0 unspecified atom stereocenters. The van der Waals surface area contributed by atoms with Crippen molar-refractivity contribution >= 4 is 40.7 Å². The smallest absolute Gasteiger partial charge is 0.321 e. The van der Waals surface area contributed by atoms with Crippen molar-refractivity contribution < 1.29 is 9.53 Å². The van der Waals surface area contributed by atoms with E-state index in [0.29, 0.717) is 41.9 Å². The Hall–Kier alpha value is -3.03. The first-order chi connectivity index (χ1) is 16.3. The maximum absolute atomic E-state index is 12.8. The van der Waals surface area contributed by atoms with Crippen LogP contribution in [0.3, 0.4) is 0 Å². The molecule has 1 aromatic heterocycles. The van der Waals surface area contributed by atoms with Crippen molar-refractivity contribution in [2.24, 2.45) is 0 Å². The van der Waals surface area contributed by atoms with Crippen molar-refractivity contribution in [3.05, 3.63) is 75.2 Å². The van der Waals surface area contributed by atoms with Crippen molar-refractivity contribution in [3.63, 3.8) is 0 Å². The van der Waals surface area contributed by atoms with Gasteiger partial charge in [-0.1, -0.05) is 35.3 Å². The lowest BCUT2D eigenvalue weighted by atomic mass is 10.0. The van der Waals surface area contributed by atoms with Gasteiger partial charge in [-0.3, -0.25) is 0 Å². The van der Waals surface area contributed by atoms with Crippen molar-refractivity contribution in [3.8, 4) is 5.75 Å². The highest BCUT2D eigenvalue weighted by Gasteiger charge is 2.25. The van der Waals surface area contributed by atoms with Crippen LogP contribution in [0.25, 0.3) is 0 Å². The lowest BCUT2D eigenvalue weighted by Crippen LogP contribution is -2.50. The van der Waals surface area contributed by atoms with E-state index >= 15 is 0 Å². The third-order valence-corrected chi connectivity index (χ3v) is 6.62. The Morgan fingerprint density at radius 1 is 1.00 bits per heavy atom. The van der Waals surface area contributed by atoms with Crippen molar-refractivity contribution in [2.45, 2.75) is 20.3 Å². The number of benzene rings is 2. The Labute approximate surface area is 209 Å². The summed E-state index contributed by atoms with van der Waals surface area (Å²) >= 11 is 12.0. The van der Waals surface area contributed by atoms with Crippen LogP contribution >= 0.6 is 23.2 Å². The Balaban J connectivity index is 1.45. The van der Waals surface area contributed by atoms with Crippen LogP contribution in [0.2, 0.25) is 10.0 Å². The normalized spacial score (nSPS) is 13.7. The number of nitrogens with zero attached hydrogens (tertiary/aromatic N) is 4. The van der Waals surface area contributed by atoms with Crippen LogP contribution in [0.4, 0.5) is 16.3 Å². The molecule has 1 N–H and O–H groups in total. The second-order valence-corrected chi connectivity index (χ2v) is 9.03. The number of hydrogen-bond donors (Lipinski definition) is 1. The number of carbonyl (C=O) groups is 1. The Morgan fingerprint density at radius 3 is 2.35 bits per heavy atom. The number of ether oxygens (including phenoxy) is 1. The number of methoxy groups -OCH3 is 1. The zero-order valence-electron chi connectivity index (χ0n) is 19.4. The summed E-state index contributed by atoms with van der Waals surface area (Å²) in [6.07, 6.45) is 0.726. The van der Waals surface area contributed by atoms with Crippen molar-refractivity contribution in [1.82, 2.24) is 14.9 Å². The predicted molar refractivity (Wildman–Crippen MR) is 137 cm³/mol. The van der Waals surface area contributed by atoms with E-state index in [0.717, 1.165) is 40.6 Å². The van der Waals surface area contributed by atoms with Gasteiger partial charge in [0.1, 0.15) is 17.4 Å². The van der Waals surface area contributed by atoms with Gasteiger partial charge < -0.3 is 19.9 Å². The van der Waals surface area contributed by atoms with E-state index in [4.69, 9.17) is 32.9 Å². The Bertz CT molecular complexity index is 1180. The summed E-state index contributed by atoms with van der Waals surface area (Å²) in [5.74, 6) is 2.51. The number of carbonyl (C=O) groups excluding carboxylic acids is 1. The monoisotopic (exact) mass is 499 g/mol. The molecule has 1 saturated heterocycles. The molecule has 0 atom stereocenters. The fourth-order valence-electron chi connectivity index (χ4n) is 4.03. The fourth-order valence-corrected chi connectivity index (χ4v) is 4.33. The Kier molecular flexibility index (Phi) is 7.44. The van der Waals surface area contributed by atoms with Crippen LogP contribution in [-0.2, 0) is 6.42 Å². The minimum Gasteiger partial charge on any atom is -0.497 e. The second-order valence-electron chi connectivity index (χ2n) is 8.22. The van der Waals surface area contributed by atoms with Crippen molar-refractivity contribution in [2.75, 3.05) is 43.5 Å². The molecule has 2 amide bonds. The highest BCUT2D eigenvalue weighted by atomic mass is 35.5. The van der Waals surface area contributed by atoms with Gasteiger partial charge >= 0.3 is 6.03 Å². The van der Waals surface area contributed by atoms with Gasteiger partial charge in [0.05, 0.1) is 17.2 Å². The van der Waals surface area contributed by atoms with E-state index < -0.39 is 0 Å². The number of piperazine rings is 1. The molecule has 3 aromatic rings. The van der Waals surface area contributed by atoms with Gasteiger partial charge in [-0.2, -0.15) is 0 Å². The maximum Gasteiger partial charge on any atom is 0.321 e. The average molecular weight is 500 g/mol. The number of rotatable bonds is 5. The summed E-state index contributed by atoms with van der Waals surface area (Å²) in [7, 11) is 1.66. The van der Waals surface area contributed by atoms with Crippen LogP contribution in [0.1, 0.15) is 22.6 Å². The van der Waals surface area contributed by atoms with Gasteiger partial charge in [-0.15, -0.1) is 0 Å². The number of nitrogens with one attached hydrogen (secondary N) is 1. The van der Waals surface area contributed by atoms with Crippen molar-refractivity contribution in [1.29, 1.82) is 0 Å². The van der Waals surface area contributed by atoms with Crippen LogP contribution in [-0.4, -0.2) is 54.2 Å². The summed E-state index contributed by atoms with van der Waals surface area (Å²) in [5, 5.41) is 3.75. The summed E-state index contributed by atoms with van der Waals surface area (Å²) in [6.45, 7) is 6.46. The van der Waals surface area contributed by atoms with Gasteiger partial charge in [0.2, 0.25) is 0 Å². The van der Waals surface area contributed by atoms with Gasteiger partial charge in [-0.25, -0.2) is 14.8 Å². The topological polar surface area (TPSA) is 70.6 Å². The number of hydrogen-bond acceptors (Lipinski definition) is 5. The predicted octanol–water partition coefficient (Wildman–Crippen LogP) is 5.35. The largest absolute Gasteiger partial charge is 0.497 e. The van der Waals surface area contributed by atoms with Crippen LogP contribution in [0, 0.1) is 13.8 Å². The fraction of sp³-hybridized carbons (Fsp3) is 0.320. The molecule has 4 rings (SSSR count). The lowest BCUT2D eigenvalue weighted by molar-refractivity contribution is 0.208. The molecule has 34 heavy (non-hydrogen) atoms. The molecule has 2 aromatic carbocycles. The number of aryl methyl sites for hydroxylation is 2. The zero-order chi connectivity index (χ0) is 24.2. The maximum atomic E-state index is 12.8. The highest BCUT2D eigenvalue weighted by Crippen LogP contribution is 2.27. The first-order valence-corrected chi connectivity index (χ1v) is 11.8. The minimum atomic E-state index is -0.161. The number of anilines is 2. The molecule has 0 aliphatic carbocycles. The third kappa shape index (κ3) is 5.54. The first kappa shape index (κ1) is 24.1. The highest BCUT2D eigenvalue weighted by molar-refractivity contribution is 6.42. The summed E-state index contributed by atoms with van der Waals surface area (Å²) in [5.41, 5.74) is 3.85. The molecule has 7 nitrogen and oxygen atoms in total. The van der Waals surface area contributed by atoms with E-state index in [1.54, 1.807) is 30.2 Å². The standard InChI is InChI=1S/C25H27Cl2N5O2/c1-16-21(14-18-4-7-20(34-3)8-5-18)24(29-17(2)28-16)31-10-12-32(13-11-31)25(33)30-19-6-9-22(26)23(27)15-19/h4-9,15H,10-14H2,1-3H3,(H,30,33). The SMILES string of the molecule is COc1ccc(Cc2c(C)nc(C)nc2N2CCN(C(=O)Nc3ccc(Cl)c(Cl)c3)CC2)cc1. The average Bonchev–Trinajstić information content (AvgIpc) is 2.83. The summed E-state index contributed by atoms with van der Waals surface area (Å²) in [6, 6.07) is 12.9. The molecule has 1 fully saturated rings. The second kappa shape index (κ2) is 10.5. The van der Waals surface area contributed by atoms with E-state index in [1.807, 2.05) is 26.0 Å². The third-order valence-electron chi connectivity index (χ3n) is 5.88. The van der Waals surface area contributed by atoms with E-state index in [2.05, 4.69) is 27.3 Å². The van der Waals surface area contributed by atoms with E-state index in [9.17, 15) is 4.79 Å².